The molecule has 37 heavy (non-hydrogen) atoms. The van der Waals surface area contributed by atoms with E-state index < -0.39 is 9.84 Å². The van der Waals surface area contributed by atoms with Crippen LogP contribution in [-0.2, 0) is 9.84 Å². The van der Waals surface area contributed by atoms with Crippen LogP contribution in [0.15, 0.2) is 136 Å². The molecule has 0 aliphatic rings. The number of H-pyrrole nitrogens is 1. The molecule has 3 aromatic carbocycles. The highest BCUT2D eigenvalue weighted by atomic mass is 32.2. The van der Waals surface area contributed by atoms with Crippen LogP contribution in [-0.4, -0.2) is 23.0 Å². The normalized spacial score (nSPS) is 11.6. The Labute approximate surface area is 213 Å². The van der Waals surface area contributed by atoms with Crippen LogP contribution in [0.3, 0.4) is 0 Å². The van der Waals surface area contributed by atoms with Gasteiger partial charge in [-0.25, -0.2) is 8.42 Å². The van der Waals surface area contributed by atoms with Crippen molar-refractivity contribution in [3.05, 3.63) is 132 Å². The molecule has 0 aliphatic carbocycles. The third-order valence-corrected chi connectivity index (χ3v) is 8.12. The van der Waals surface area contributed by atoms with Crippen LogP contribution < -0.4 is 5.56 Å². The van der Waals surface area contributed by atoms with Gasteiger partial charge in [-0.05, 0) is 48.5 Å². The van der Waals surface area contributed by atoms with Gasteiger partial charge in [0.2, 0.25) is 9.84 Å². The lowest BCUT2D eigenvalue weighted by atomic mass is 10.1. The van der Waals surface area contributed by atoms with E-state index in [-0.39, 0.29) is 26.6 Å². The Morgan fingerprint density at radius 3 is 2.16 bits per heavy atom. The van der Waals surface area contributed by atoms with Gasteiger partial charge in [0, 0.05) is 34.5 Å². The van der Waals surface area contributed by atoms with Crippen molar-refractivity contribution in [2.75, 3.05) is 0 Å². The molecule has 0 bridgehead atoms. The number of para-hydroxylation sites is 2. The quantitative estimate of drug-likeness (QED) is 0.318. The number of hydrogen-bond donors (Lipinski definition) is 1. The summed E-state index contributed by atoms with van der Waals surface area (Å²) in [4.78, 5) is 21.9. The molecular formula is C30H21N3O3S. The number of nitrogens with zero attached hydrogens (tertiary/aromatic N) is 2. The second-order valence-corrected chi connectivity index (χ2v) is 10.4. The molecule has 0 aliphatic heterocycles. The molecule has 180 valence electrons. The van der Waals surface area contributed by atoms with Gasteiger partial charge in [-0.2, -0.15) is 0 Å². The Morgan fingerprint density at radius 1 is 0.757 bits per heavy atom. The van der Waals surface area contributed by atoms with Gasteiger partial charge in [-0.1, -0.05) is 60.7 Å². The molecule has 0 spiro atoms. The van der Waals surface area contributed by atoms with E-state index >= 15 is 0 Å². The predicted molar refractivity (Wildman–Crippen MR) is 144 cm³/mol. The van der Waals surface area contributed by atoms with Crippen LogP contribution in [0.25, 0.3) is 39.1 Å². The first-order valence-corrected chi connectivity index (χ1v) is 13.2. The summed E-state index contributed by atoms with van der Waals surface area (Å²) in [5.41, 5.74) is 2.77. The summed E-state index contributed by atoms with van der Waals surface area (Å²) in [7, 11) is -3.97. The first-order valence-electron chi connectivity index (χ1n) is 11.7. The average Bonchev–Trinajstić information content (AvgIpc) is 3.35. The molecule has 0 saturated carbocycles. The fourth-order valence-corrected chi connectivity index (χ4v) is 6.17. The molecule has 0 radical (unpaired) electrons. The van der Waals surface area contributed by atoms with E-state index in [0.29, 0.717) is 27.8 Å². The standard InChI is InChI=1S/C30H21N3O3S/c34-30-25(19-21(26-16-9-10-18-31-26)20-33(30)22-11-3-1-4-12-22)28-29(24-15-7-8-17-27(24)32-28)37(35,36)23-13-5-2-6-14-23/h1-20,32H. The van der Waals surface area contributed by atoms with E-state index in [0.717, 1.165) is 0 Å². The molecule has 0 fully saturated rings. The van der Waals surface area contributed by atoms with Crippen molar-refractivity contribution >= 4 is 20.7 Å². The Bertz CT molecular complexity index is 1890. The fourth-order valence-electron chi connectivity index (χ4n) is 4.52. The van der Waals surface area contributed by atoms with Crippen LogP contribution >= 0.6 is 0 Å². The van der Waals surface area contributed by atoms with Crippen molar-refractivity contribution in [2.24, 2.45) is 0 Å². The number of rotatable bonds is 5. The van der Waals surface area contributed by atoms with Crippen LogP contribution in [0.4, 0.5) is 0 Å². The summed E-state index contributed by atoms with van der Waals surface area (Å²) in [6, 6.07) is 31.9. The van der Waals surface area contributed by atoms with E-state index in [1.165, 1.54) is 4.57 Å². The van der Waals surface area contributed by atoms with Gasteiger partial charge < -0.3 is 4.98 Å². The Hall–Kier alpha value is -4.75. The summed E-state index contributed by atoms with van der Waals surface area (Å²) < 4.78 is 29.5. The molecule has 7 heteroatoms. The first-order chi connectivity index (χ1) is 18.0. The second kappa shape index (κ2) is 9.04. The van der Waals surface area contributed by atoms with E-state index in [4.69, 9.17) is 0 Å². The van der Waals surface area contributed by atoms with Crippen molar-refractivity contribution in [3.63, 3.8) is 0 Å². The predicted octanol–water partition coefficient (Wildman–Crippen LogP) is 5.88. The zero-order valence-corrected chi connectivity index (χ0v) is 20.4. The van der Waals surface area contributed by atoms with Gasteiger partial charge in [0.15, 0.2) is 0 Å². The second-order valence-electron chi connectivity index (χ2n) is 8.56. The number of nitrogens with one attached hydrogen (secondary N) is 1. The highest BCUT2D eigenvalue weighted by Gasteiger charge is 2.29. The van der Waals surface area contributed by atoms with Gasteiger partial charge in [-0.3, -0.25) is 14.3 Å². The maximum absolute atomic E-state index is 14.0. The maximum Gasteiger partial charge on any atom is 0.264 e. The molecule has 0 atom stereocenters. The monoisotopic (exact) mass is 503 g/mol. The summed E-state index contributed by atoms with van der Waals surface area (Å²) in [6.45, 7) is 0. The Kier molecular flexibility index (Phi) is 5.54. The van der Waals surface area contributed by atoms with E-state index in [1.807, 2.05) is 54.6 Å². The van der Waals surface area contributed by atoms with Crippen molar-refractivity contribution < 1.29 is 8.42 Å². The third-order valence-electron chi connectivity index (χ3n) is 6.26. The maximum atomic E-state index is 14.0. The summed E-state index contributed by atoms with van der Waals surface area (Å²) in [5, 5.41) is 0.523. The molecule has 3 heterocycles. The van der Waals surface area contributed by atoms with E-state index in [2.05, 4.69) is 9.97 Å². The fraction of sp³-hybridized carbons (Fsp3) is 0. The Balaban J connectivity index is 1.71. The van der Waals surface area contributed by atoms with Gasteiger partial charge in [0.1, 0.15) is 4.90 Å². The summed E-state index contributed by atoms with van der Waals surface area (Å²) >= 11 is 0. The van der Waals surface area contributed by atoms with Gasteiger partial charge in [-0.15, -0.1) is 0 Å². The zero-order chi connectivity index (χ0) is 25.4. The largest absolute Gasteiger partial charge is 0.353 e. The molecule has 6 nitrogen and oxygen atoms in total. The summed E-state index contributed by atoms with van der Waals surface area (Å²) in [5.74, 6) is 0. The molecule has 6 rings (SSSR count). The molecule has 1 N–H and O–H groups in total. The van der Waals surface area contributed by atoms with Gasteiger partial charge >= 0.3 is 0 Å². The van der Waals surface area contributed by atoms with Crippen molar-refractivity contribution in [1.29, 1.82) is 0 Å². The number of sulfone groups is 1. The average molecular weight is 504 g/mol. The smallest absolute Gasteiger partial charge is 0.264 e. The van der Waals surface area contributed by atoms with Crippen molar-refractivity contribution in [2.45, 2.75) is 9.79 Å². The van der Waals surface area contributed by atoms with Crippen LogP contribution in [0.2, 0.25) is 0 Å². The molecule has 0 amide bonds. The summed E-state index contributed by atoms with van der Waals surface area (Å²) in [6.07, 6.45) is 3.42. The Morgan fingerprint density at radius 2 is 1.43 bits per heavy atom. The molecular weight excluding hydrogens is 482 g/mol. The number of fused-ring (bicyclic) bond motifs is 1. The van der Waals surface area contributed by atoms with Crippen LogP contribution in [0, 0.1) is 0 Å². The molecule has 3 aromatic heterocycles. The topological polar surface area (TPSA) is 84.8 Å². The molecule has 0 unspecified atom stereocenters. The lowest BCUT2D eigenvalue weighted by molar-refractivity contribution is 0.597. The molecule has 0 saturated heterocycles. The minimum Gasteiger partial charge on any atom is -0.353 e. The number of aromatic amines is 1. The molecule has 6 aromatic rings. The van der Waals surface area contributed by atoms with Crippen LogP contribution in [0.1, 0.15) is 0 Å². The minimum absolute atomic E-state index is 0.0733. The van der Waals surface area contributed by atoms with Gasteiger partial charge in [0.25, 0.3) is 5.56 Å². The lowest BCUT2D eigenvalue weighted by Gasteiger charge is -2.13. The number of benzene rings is 3. The highest BCUT2D eigenvalue weighted by Crippen LogP contribution is 2.37. The minimum atomic E-state index is -3.97. The first kappa shape index (κ1) is 22.7. The van der Waals surface area contributed by atoms with Gasteiger partial charge in [0.05, 0.1) is 21.8 Å². The highest BCUT2D eigenvalue weighted by molar-refractivity contribution is 7.91. The van der Waals surface area contributed by atoms with Crippen LogP contribution in [0.5, 0.6) is 0 Å². The zero-order valence-electron chi connectivity index (χ0n) is 19.6. The number of pyridine rings is 2. The van der Waals surface area contributed by atoms with Crippen molar-refractivity contribution in [1.82, 2.24) is 14.5 Å². The third kappa shape index (κ3) is 3.95. The van der Waals surface area contributed by atoms with E-state index in [1.54, 1.807) is 67.0 Å². The SMILES string of the molecule is O=c1c(-c2[nH]c3ccccc3c2S(=O)(=O)c2ccccc2)cc(-c2ccccn2)cn1-c1ccccc1. The van der Waals surface area contributed by atoms with E-state index in [9.17, 15) is 13.2 Å². The van der Waals surface area contributed by atoms with Crippen molar-refractivity contribution in [3.8, 4) is 28.2 Å². The number of hydrogen-bond acceptors (Lipinski definition) is 4. The lowest BCUT2D eigenvalue weighted by Crippen LogP contribution is -2.21. The number of aromatic nitrogens is 3.